The molecule has 1 aliphatic rings. The Morgan fingerprint density at radius 1 is 1.24 bits per heavy atom. The van der Waals surface area contributed by atoms with E-state index in [4.69, 9.17) is 4.74 Å². The maximum absolute atomic E-state index is 10.7. The zero-order valence-electron chi connectivity index (χ0n) is 13.2. The number of hydrogen-bond donors (Lipinski definition) is 1. The number of ether oxygens (including phenoxy) is 1. The van der Waals surface area contributed by atoms with Crippen molar-refractivity contribution in [1.82, 2.24) is 0 Å². The fourth-order valence-corrected chi connectivity index (χ4v) is 3.37. The first-order valence-corrected chi connectivity index (χ1v) is 7.75. The molecule has 0 aliphatic heterocycles. The van der Waals surface area contributed by atoms with Crippen LogP contribution in [0.1, 0.15) is 51.2 Å². The quantitative estimate of drug-likeness (QED) is 0.907. The average Bonchev–Trinajstić information content (AvgIpc) is 2.54. The van der Waals surface area contributed by atoms with E-state index in [1.165, 1.54) is 0 Å². The van der Waals surface area contributed by atoms with Crippen LogP contribution in [0.3, 0.4) is 0 Å². The van der Waals surface area contributed by atoms with E-state index >= 15 is 0 Å². The summed E-state index contributed by atoms with van der Waals surface area (Å²) in [4.78, 5) is 0. The predicted octanol–water partition coefficient (Wildman–Crippen LogP) is 4.08. The lowest BCUT2D eigenvalue weighted by Gasteiger charge is -2.39. The van der Waals surface area contributed by atoms with Gasteiger partial charge in [-0.2, -0.15) is 5.26 Å². The van der Waals surface area contributed by atoms with Gasteiger partial charge in [-0.25, -0.2) is 0 Å². The Morgan fingerprint density at radius 3 is 2.24 bits per heavy atom. The van der Waals surface area contributed by atoms with E-state index in [1.807, 2.05) is 24.3 Å². The Bertz CT molecular complexity index is 493. The van der Waals surface area contributed by atoms with Gasteiger partial charge in [-0.1, -0.05) is 26.0 Å². The molecule has 1 atom stereocenters. The zero-order chi connectivity index (χ0) is 15.5. The number of methoxy groups -OCH3 is 1. The summed E-state index contributed by atoms with van der Waals surface area (Å²) in [6, 6.07) is 9.81. The molecule has 1 aromatic rings. The van der Waals surface area contributed by atoms with E-state index < -0.39 is 11.5 Å². The van der Waals surface area contributed by atoms with Crippen LogP contribution in [0.2, 0.25) is 0 Å². The fraction of sp³-hybridized carbons (Fsp3) is 0.611. The van der Waals surface area contributed by atoms with Crippen LogP contribution in [-0.2, 0) is 0 Å². The van der Waals surface area contributed by atoms with Gasteiger partial charge in [0, 0.05) is 0 Å². The summed E-state index contributed by atoms with van der Waals surface area (Å²) in [6.07, 6.45) is 2.89. The Balaban J connectivity index is 2.15. The molecule has 21 heavy (non-hydrogen) atoms. The van der Waals surface area contributed by atoms with Gasteiger partial charge in [-0.3, -0.25) is 0 Å². The third-order valence-electron chi connectivity index (χ3n) is 5.04. The molecule has 0 heterocycles. The lowest BCUT2D eigenvalue weighted by molar-refractivity contribution is 0.0190. The van der Waals surface area contributed by atoms with Crippen LogP contribution >= 0.6 is 0 Å². The van der Waals surface area contributed by atoms with Gasteiger partial charge in [0.25, 0.3) is 0 Å². The Kier molecular flexibility index (Phi) is 4.90. The van der Waals surface area contributed by atoms with Crippen LogP contribution in [-0.4, -0.2) is 12.2 Å². The number of rotatable bonds is 4. The van der Waals surface area contributed by atoms with Crippen molar-refractivity contribution in [3.8, 4) is 11.8 Å². The second kappa shape index (κ2) is 6.49. The van der Waals surface area contributed by atoms with Crippen molar-refractivity contribution in [3.63, 3.8) is 0 Å². The predicted molar refractivity (Wildman–Crippen MR) is 82.8 cm³/mol. The molecule has 1 fully saturated rings. The van der Waals surface area contributed by atoms with Gasteiger partial charge in [-0.05, 0) is 55.2 Å². The summed E-state index contributed by atoms with van der Waals surface area (Å²) in [6.45, 7) is 4.48. The summed E-state index contributed by atoms with van der Waals surface area (Å²) < 4.78 is 5.14. The van der Waals surface area contributed by atoms with E-state index in [9.17, 15) is 10.4 Å². The molecule has 0 radical (unpaired) electrons. The Labute approximate surface area is 127 Å². The minimum Gasteiger partial charge on any atom is -0.497 e. The van der Waals surface area contributed by atoms with Crippen molar-refractivity contribution in [2.45, 2.75) is 45.6 Å². The molecular weight excluding hydrogens is 262 g/mol. The highest BCUT2D eigenvalue weighted by Gasteiger charge is 2.42. The van der Waals surface area contributed by atoms with Gasteiger partial charge >= 0.3 is 0 Å². The molecule has 1 aliphatic carbocycles. The van der Waals surface area contributed by atoms with Crippen molar-refractivity contribution < 1.29 is 9.84 Å². The van der Waals surface area contributed by atoms with Gasteiger partial charge in [0.15, 0.2) is 0 Å². The molecule has 1 aromatic carbocycles. The minimum absolute atomic E-state index is 0.639. The normalized spacial score (nSPS) is 27.1. The first-order chi connectivity index (χ1) is 10.0. The molecule has 0 spiro atoms. The Hall–Kier alpha value is -1.53. The van der Waals surface area contributed by atoms with Crippen LogP contribution < -0.4 is 4.74 Å². The highest BCUT2D eigenvalue weighted by molar-refractivity contribution is 5.30. The zero-order valence-corrected chi connectivity index (χ0v) is 13.2. The summed E-state index contributed by atoms with van der Waals surface area (Å²) in [5.74, 6) is 2.09. The van der Waals surface area contributed by atoms with E-state index in [-0.39, 0.29) is 0 Å². The van der Waals surface area contributed by atoms with Crippen LogP contribution in [0.25, 0.3) is 0 Å². The van der Waals surface area contributed by atoms with Crippen molar-refractivity contribution in [3.05, 3.63) is 29.8 Å². The second-order valence-electron chi connectivity index (χ2n) is 6.53. The molecule has 3 nitrogen and oxygen atoms in total. The molecule has 0 bridgehead atoms. The van der Waals surface area contributed by atoms with E-state index in [1.54, 1.807) is 7.11 Å². The molecule has 3 heteroatoms. The number of aliphatic hydroxyl groups excluding tert-OH is 1. The fourth-order valence-electron chi connectivity index (χ4n) is 3.37. The molecule has 0 amide bonds. The molecule has 114 valence electrons. The smallest absolute Gasteiger partial charge is 0.118 e. The highest BCUT2D eigenvalue weighted by Crippen LogP contribution is 2.48. The molecule has 1 saturated carbocycles. The second-order valence-corrected chi connectivity index (χ2v) is 6.53. The highest BCUT2D eigenvalue weighted by atomic mass is 16.5. The van der Waals surface area contributed by atoms with Gasteiger partial charge in [0.1, 0.15) is 5.75 Å². The van der Waals surface area contributed by atoms with Gasteiger partial charge < -0.3 is 9.84 Å². The van der Waals surface area contributed by atoms with Gasteiger partial charge in [0.2, 0.25) is 0 Å². The maximum atomic E-state index is 10.7. The van der Waals surface area contributed by atoms with Crippen LogP contribution in [0.5, 0.6) is 5.75 Å². The monoisotopic (exact) mass is 287 g/mol. The van der Waals surface area contributed by atoms with E-state index in [0.29, 0.717) is 11.8 Å². The van der Waals surface area contributed by atoms with E-state index in [0.717, 1.165) is 37.0 Å². The molecule has 1 N–H and O–H groups in total. The molecular formula is C18H25NO2. The lowest BCUT2D eigenvalue weighted by atomic mass is 9.65. The molecule has 2 rings (SSSR count). The van der Waals surface area contributed by atoms with Crippen molar-refractivity contribution in [1.29, 1.82) is 5.26 Å². The number of aliphatic hydroxyl groups is 1. The summed E-state index contributed by atoms with van der Waals surface area (Å²) in [5.41, 5.74) is 0.167. The lowest BCUT2D eigenvalue weighted by Crippen LogP contribution is -2.33. The van der Waals surface area contributed by atoms with Crippen LogP contribution in [0, 0.1) is 28.6 Å². The summed E-state index contributed by atoms with van der Waals surface area (Å²) in [5, 5.41) is 20.4. The van der Waals surface area contributed by atoms with Crippen LogP contribution in [0.4, 0.5) is 0 Å². The summed E-state index contributed by atoms with van der Waals surface area (Å²) >= 11 is 0. The summed E-state index contributed by atoms with van der Waals surface area (Å²) in [7, 11) is 1.62. The van der Waals surface area contributed by atoms with E-state index in [2.05, 4.69) is 19.9 Å². The average molecular weight is 287 g/mol. The number of nitrogens with zero attached hydrogens (tertiary/aromatic N) is 1. The number of hydrogen-bond acceptors (Lipinski definition) is 3. The first-order valence-electron chi connectivity index (χ1n) is 7.75. The largest absolute Gasteiger partial charge is 0.497 e. The number of nitriles is 1. The van der Waals surface area contributed by atoms with Crippen molar-refractivity contribution in [2.75, 3.05) is 7.11 Å². The topological polar surface area (TPSA) is 53.2 Å². The van der Waals surface area contributed by atoms with Crippen molar-refractivity contribution >= 4 is 0 Å². The minimum atomic E-state index is -0.721. The standard InChI is InChI=1S/C18H25NO2/c1-13(2)14-8-10-18(12-19,11-9-14)17(20)15-4-6-16(21-3)7-5-15/h4-7,13-14,17,20H,8-11H2,1-3H3. The van der Waals surface area contributed by atoms with Gasteiger partial charge in [0.05, 0.1) is 24.7 Å². The molecule has 1 unspecified atom stereocenters. The third-order valence-corrected chi connectivity index (χ3v) is 5.04. The Morgan fingerprint density at radius 2 is 1.81 bits per heavy atom. The molecule has 0 saturated heterocycles. The van der Waals surface area contributed by atoms with Gasteiger partial charge in [-0.15, -0.1) is 0 Å². The molecule has 0 aromatic heterocycles. The first kappa shape index (κ1) is 15.9. The SMILES string of the molecule is COc1ccc(C(O)C2(C#N)CCC(C(C)C)CC2)cc1. The van der Waals surface area contributed by atoms with Crippen molar-refractivity contribution in [2.24, 2.45) is 17.3 Å². The maximum Gasteiger partial charge on any atom is 0.118 e. The van der Waals surface area contributed by atoms with Crippen LogP contribution in [0.15, 0.2) is 24.3 Å². The number of benzene rings is 1. The third kappa shape index (κ3) is 3.22.